The molecule has 2 N–H and O–H groups in total. The fraction of sp³-hybridized carbons (Fsp3) is 0.125. The van der Waals surface area contributed by atoms with Crippen LogP contribution < -0.4 is 10.1 Å². The van der Waals surface area contributed by atoms with E-state index in [-0.39, 0.29) is 0 Å². The van der Waals surface area contributed by atoms with Crippen LogP contribution in [0.3, 0.4) is 0 Å². The molecular formula is C24H22N6O. The second-order valence-electron chi connectivity index (χ2n) is 7.51. The van der Waals surface area contributed by atoms with Gasteiger partial charge in [0.2, 0.25) is 5.95 Å². The zero-order valence-electron chi connectivity index (χ0n) is 17.5. The number of nitrogens with zero attached hydrogens (tertiary/aromatic N) is 4. The van der Waals surface area contributed by atoms with E-state index in [0.29, 0.717) is 11.5 Å². The monoisotopic (exact) mass is 410 g/mol. The van der Waals surface area contributed by atoms with Crippen molar-refractivity contribution < 1.29 is 4.74 Å². The molecule has 154 valence electrons. The molecule has 7 nitrogen and oxygen atoms in total. The number of aromatic nitrogens is 5. The third-order valence-electron chi connectivity index (χ3n) is 5.08. The molecule has 2 aromatic carbocycles. The van der Waals surface area contributed by atoms with Crippen LogP contribution in [0.4, 0.5) is 11.6 Å². The first-order valence-corrected chi connectivity index (χ1v) is 10.0. The third-order valence-corrected chi connectivity index (χ3v) is 5.08. The molecule has 5 aromatic rings. The number of hydrogen-bond acceptors (Lipinski definition) is 5. The van der Waals surface area contributed by atoms with Crippen molar-refractivity contribution in [1.82, 2.24) is 24.5 Å². The van der Waals surface area contributed by atoms with Crippen LogP contribution in [0.2, 0.25) is 0 Å². The van der Waals surface area contributed by atoms with Gasteiger partial charge in [-0.05, 0) is 44.2 Å². The summed E-state index contributed by atoms with van der Waals surface area (Å²) in [5.74, 6) is 2.89. The number of hydrogen-bond donors (Lipinski definition) is 2. The van der Waals surface area contributed by atoms with Crippen LogP contribution in [0.25, 0.3) is 22.6 Å². The predicted octanol–water partition coefficient (Wildman–Crippen LogP) is 5.51. The van der Waals surface area contributed by atoms with Crippen molar-refractivity contribution in [2.45, 2.75) is 13.8 Å². The average molecular weight is 410 g/mol. The van der Waals surface area contributed by atoms with E-state index in [1.807, 2.05) is 67.2 Å². The molecule has 0 atom stereocenters. The van der Waals surface area contributed by atoms with Crippen LogP contribution in [0, 0.1) is 13.8 Å². The number of fused-ring (bicyclic) bond motifs is 1. The molecule has 0 saturated carbocycles. The lowest BCUT2D eigenvalue weighted by Gasteiger charge is -2.07. The molecule has 0 amide bonds. The topological polar surface area (TPSA) is 80.7 Å². The number of H-pyrrole nitrogens is 1. The van der Waals surface area contributed by atoms with Crippen molar-refractivity contribution in [2.24, 2.45) is 7.05 Å². The lowest BCUT2D eigenvalue weighted by Crippen LogP contribution is -1.98. The number of aromatic amines is 1. The van der Waals surface area contributed by atoms with Gasteiger partial charge >= 0.3 is 0 Å². The molecule has 0 aliphatic carbocycles. The number of ether oxygens (including phenoxy) is 1. The Morgan fingerprint density at radius 2 is 1.74 bits per heavy atom. The second-order valence-corrected chi connectivity index (χ2v) is 7.51. The SMILES string of the molecule is Cc1ccc(Nc2nc3cc(Oc4ccnc(-c5nc(C)c[nH]5)c4)ccc3n2C)cc1. The zero-order valence-corrected chi connectivity index (χ0v) is 17.5. The molecule has 5 rings (SSSR count). The summed E-state index contributed by atoms with van der Waals surface area (Å²) in [7, 11) is 1.99. The molecule has 0 fully saturated rings. The van der Waals surface area contributed by atoms with Crippen LogP contribution >= 0.6 is 0 Å². The highest BCUT2D eigenvalue weighted by atomic mass is 16.5. The van der Waals surface area contributed by atoms with Gasteiger partial charge in [-0.25, -0.2) is 9.97 Å². The largest absolute Gasteiger partial charge is 0.457 e. The quantitative estimate of drug-likeness (QED) is 0.399. The first kappa shape index (κ1) is 18.9. The van der Waals surface area contributed by atoms with Crippen molar-refractivity contribution >= 4 is 22.7 Å². The predicted molar refractivity (Wildman–Crippen MR) is 122 cm³/mol. The molecule has 0 unspecified atom stereocenters. The summed E-state index contributed by atoms with van der Waals surface area (Å²) in [4.78, 5) is 16.7. The Kier molecular flexibility index (Phi) is 4.63. The summed E-state index contributed by atoms with van der Waals surface area (Å²) in [6.07, 6.45) is 3.56. The maximum Gasteiger partial charge on any atom is 0.208 e. The van der Waals surface area contributed by atoms with Crippen LogP contribution in [0.15, 0.2) is 67.0 Å². The van der Waals surface area contributed by atoms with Gasteiger partial charge in [-0.1, -0.05) is 17.7 Å². The van der Waals surface area contributed by atoms with Gasteiger partial charge < -0.3 is 19.6 Å². The first-order valence-electron chi connectivity index (χ1n) is 10.0. The van der Waals surface area contributed by atoms with E-state index >= 15 is 0 Å². The maximum atomic E-state index is 6.08. The lowest BCUT2D eigenvalue weighted by molar-refractivity contribution is 0.483. The average Bonchev–Trinajstić information content (AvgIpc) is 3.33. The summed E-state index contributed by atoms with van der Waals surface area (Å²) in [5.41, 5.74) is 5.73. The Bertz CT molecular complexity index is 1370. The Morgan fingerprint density at radius 1 is 0.935 bits per heavy atom. The van der Waals surface area contributed by atoms with Gasteiger partial charge in [-0.2, -0.15) is 0 Å². The van der Waals surface area contributed by atoms with E-state index in [4.69, 9.17) is 9.72 Å². The minimum atomic E-state index is 0.687. The lowest BCUT2D eigenvalue weighted by atomic mass is 10.2. The van der Waals surface area contributed by atoms with Gasteiger partial charge in [0, 0.05) is 37.3 Å². The molecular weight excluding hydrogens is 388 g/mol. The highest BCUT2D eigenvalue weighted by molar-refractivity contribution is 5.81. The molecule has 0 bridgehead atoms. The Hall–Kier alpha value is -4.13. The van der Waals surface area contributed by atoms with Crippen LogP contribution in [-0.4, -0.2) is 24.5 Å². The third kappa shape index (κ3) is 3.85. The molecule has 3 aromatic heterocycles. The highest BCUT2D eigenvalue weighted by Gasteiger charge is 2.11. The number of rotatable bonds is 5. The molecule has 0 spiro atoms. The van der Waals surface area contributed by atoms with E-state index in [1.54, 1.807) is 6.20 Å². The van der Waals surface area contributed by atoms with Gasteiger partial charge in [0.15, 0.2) is 5.82 Å². The van der Waals surface area contributed by atoms with Crippen molar-refractivity contribution in [1.29, 1.82) is 0 Å². The van der Waals surface area contributed by atoms with Gasteiger partial charge in [0.1, 0.15) is 17.2 Å². The fourth-order valence-corrected chi connectivity index (χ4v) is 3.41. The highest BCUT2D eigenvalue weighted by Crippen LogP contribution is 2.29. The number of anilines is 2. The van der Waals surface area contributed by atoms with Crippen molar-refractivity contribution in [3.8, 4) is 23.0 Å². The summed E-state index contributed by atoms with van der Waals surface area (Å²) in [5, 5.41) is 3.38. The van der Waals surface area contributed by atoms with E-state index in [1.165, 1.54) is 5.56 Å². The Labute approximate surface area is 179 Å². The molecule has 0 saturated heterocycles. The standard InChI is InChI=1S/C24H22N6O/c1-15-4-6-17(7-5-15)28-24-29-20-12-18(8-9-22(20)30(24)3)31-19-10-11-25-21(13-19)23-26-14-16(2)27-23/h4-14H,1-3H3,(H,26,27)(H,28,29). The second kappa shape index (κ2) is 7.60. The molecule has 31 heavy (non-hydrogen) atoms. The molecule has 7 heteroatoms. The number of pyridine rings is 1. The normalized spacial score (nSPS) is 11.1. The number of nitrogens with one attached hydrogen (secondary N) is 2. The fourth-order valence-electron chi connectivity index (χ4n) is 3.41. The molecule has 3 heterocycles. The summed E-state index contributed by atoms with van der Waals surface area (Å²) < 4.78 is 8.12. The van der Waals surface area contributed by atoms with E-state index in [0.717, 1.165) is 39.9 Å². The van der Waals surface area contributed by atoms with Crippen LogP contribution in [0.1, 0.15) is 11.3 Å². The van der Waals surface area contributed by atoms with Crippen LogP contribution in [0.5, 0.6) is 11.5 Å². The van der Waals surface area contributed by atoms with Crippen LogP contribution in [-0.2, 0) is 7.05 Å². The number of imidazole rings is 2. The Balaban J connectivity index is 1.40. The van der Waals surface area contributed by atoms with Crippen molar-refractivity contribution in [3.05, 3.63) is 78.2 Å². The zero-order chi connectivity index (χ0) is 21.4. The number of benzene rings is 2. The van der Waals surface area contributed by atoms with Crippen molar-refractivity contribution in [2.75, 3.05) is 5.32 Å². The minimum Gasteiger partial charge on any atom is -0.457 e. The van der Waals surface area contributed by atoms with Crippen molar-refractivity contribution in [3.63, 3.8) is 0 Å². The summed E-state index contributed by atoms with van der Waals surface area (Å²) in [6, 6.07) is 17.8. The van der Waals surface area contributed by atoms with Gasteiger partial charge in [-0.15, -0.1) is 0 Å². The van der Waals surface area contributed by atoms with E-state index in [9.17, 15) is 0 Å². The van der Waals surface area contributed by atoms with Gasteiger partial charge in [0.05, 0.1) is 16.7 Å². The molecule has 0 aliphatic heterocycles. The van der Waals surface area contributed by atoms with Gasteiger partial charge in [-0.3, -0.25) is 4.98 Å². The summed E-state index contributed by atoms with van der Waals surface area (Å²) >= 11 is 0. The smallest absolute Gasteiger partial charge is 0.208 e. The van der Waals surface area contributed by atoms with Gasteiger partial charge in [0.25, 0.3) is 0 Å². The first-order chi connectivity index (χ1) is 15.0. The van der Waals surface area contributed by atoms with E-state index < -0.39 is 0 Å². The minimum absolute atomic E-state index is 0.687. The molecule has 0 aliphatic rings. The number of aryl methyl sites for hydroxylation is 3. The Morgan fingerprint density at radius 3 is 2.52 bits per heavy atom. The van der Waals surface area contributed by atoms with E-state index in [2.05, 4.69) is 39.3 Å². The maximum absolute atomic E-state index is 6.08. The summed E-state index contributed by atoms with van der Waals surface area (Å²) in [6.45, 7) is 4.01. The molecule has 0 radical (unpaired) electrons.